The average Bonchev–Trinajstić information content (AvgIpc) is 2.06. The van der Waals surface area contributed by atoms with E-state index >= 15 is 0 Å². The van der Waals surface area contributed by atoms with Crippen LogP contribution in [0.4, 0.5) is 0 Å². The van der Waals surface area contributed by atoms with Crippen molar-refractivity contribution in [3.63, 3.8) is 0 Å². The highest BCUT2D eigenvalue weighted by atomic mass is 16.7. The molecule has 62 valence electrons. The molecule has 0 spiro atoms. The molecule has 0 saturated carbocycles. The summed E-state index contributed by atoms with van der Waals surface area (Å²) in [5.41, 5.74) is 0. The summed E-state index contributed by atoms with van der Waals surface area (Å²) in [5.74, 6) is 0.942. The van der Waals surface area contributed by atoms with Gasteiger partial charge < -0.3 is 4.74 Å². The van der Waals surface area contributed by atoms with Gasteiger partial charge >= 0.3 is 0 Å². The molecule has 0 fully saturated rings. The standard InChI is InChI=1S/C8H13NO2/c1-3-11-8-5-4-6-9(7-8)10-2/h4-6H,3,7H2,1-2H3. The number of nitrogens with zero attached hydrogens (tertiary/aromatic N) is 1. The second-order valence-corrected chi connectivity index (χ2v) is 2.17. The predicted octanol–water partition coefficient (Wildman–Crippen LogP) is 1.30. The first kappa shape index (κ1) is 8.14. The number of hydroxylamine groups is 2. The van der Waals surface area contributed by atoms with Gasteiger partial charge in [-0.1, -0.05) is 0 Å². The van der Waals surface area contributed by atoms with Crippen molar-refractivity contribution in [2.24, 2.45) is 0 Å². The van der Waals surface area contributed by atoms with Crippen molar-refractivity contribution in [3.05, 3.63) is 24.1 Å². The van der Waals surface area contributed by atoms with E-state index in [1.54, 1.807) is 12.2 Å². The summed E-state index contributed by atoms with van der Waals surface area (Å²) in [5, 5.41) is 1.71. The molecule has 0 saturated heterocycles. The van der Waals surface area contributed by atoms with Gasteiger partial charge in [-0.05, 0) is 19.1 Å². The average molecular weight is 155 g/mol. The smallest absolute Gasteiger partial charge is 0.118 e. The van der Waals surface area contributed by atoms with Gasteiger partial charge in [0, 0.05) is 6.20 Å². The molecule has 1 heterocycles. The maximum absolute atomic E-state index is 5.30. The Bertz CT molecular complexity index is 175. The Morgan fingerprint density at radius 2 is 2.45 bits per heavy atom. The summed E-state index contributed by atoms with van der Waals surface area (Å²) in [7, 11) is 1.64. The third-order valence-electron chi connectivity index (χ3n) is 1.41. The van der Waals surface area contributed by atoms with Crippen LogP contribution in [0.3, 0.4) is 0 Å². The highest BCUT2D eigenvalue weighted by Crippen LogP contribution is 2.07. The molecule has 0 aromatic rings. The zero-order valence-electron chi connectivity index (χ0n) is 6.91. The lowest BCUT2D eigenvalue weighted by Crippen LogP contribution is -2.21. The van der Waals surface area contributed by atoms with Crippen LogP contribution >= 0.6 is 0 Å². The molecule has 1 rings (SSSR count). The molecule has 0 aromatic carbocycles. The lowest BCUT2D eigenvalue weighted by molar-refractivity contribution is -0.0894. The minimum atomic E-state index is 0.695. The first-order valence-electron chi connectivity index (χ1n) is 3.67. The fraction of sp³-hybridized carbons (Fsp3) is 0.500. The maximum atomic E-state index is 5.30. The van der Waals surface area contributed by atoms with Gasteiger partial charge in [0.15, 0.2) is 0 Å². The van der Waals surface area contributed by atoms with Crippen LogP contribution in [0.25, 0.3) is 0 Å². The zero-order chi connectivity index (χ0) is 8.10. The molecule has 11 heavy (non-hydrogen) atoms. The Kier molecular flexibility index (Phi) is 2.98. The Balaban J connectivity index is 2.43. The minimum absolute atomic E-state index is 0.695. The number of hydrogen-bond donors (Lipinski definition) is 0. The van der Waals surface area contributed by atoms with Gasteiger partial charge in [0.25, 0.3) is 0 Å². The van der Waals surface area contributed by atoms with Crippen LogP contribution < -0.4 is 0 Å². The number of hydrogen-bond acceptors (Lipinski definition) is 3. The van der Waals surface area contributed by atoms with Gasteiger partial charge in [-0.25, -0.2) is 0 Å². The first-order valence-corrected chi connectivity index (χ1v) is 3.67. The second-order valence-electron chi connectivity index (χ2n) is 2.17. The molecular formula is C8H13NO2. The van der Waals surface area contributed by atoms with E-state index in [2.05, 4.69) is 0 Å². The lowest BCUT2D eigenvalue weighted by Gasteiger charge is -2.21. The van der Waals surface area contributed by atoms with Gasteiger partial charge in [-0.15, -0.1) is 0 Å². The van der Waals surface area contributed by atoms with Gasteiger partial charge in [0.05, 0.1) is 13.7 Å². The third-order valence-corrected chi connectivity index (χ3v) is 1.41. The molecule has 0 amide bonds. The summed E-state index contributed by atoms with van der Waals surface area (Å²) in [6, 6.07) is 0. The summed E-state index contributed by atoms with van der Waals surface area (Å²) >= 11 is 0. The first-order chi connectivity index (χ1) is 5.36. The van der Waals surface area contributed by atoms with E-state index in [0.717, 1.165) is 5.76 Å². The Labute approximate surface area is 66.8 Å². The van der Waals surface area contributed by atoms with Crippen molar-refractivity contribution in [2.45, 2.75) is 6.92 Å². The fourth-order valence-corrected chi connectivity index (χ4v) is 0.910. The van der Waals surface area contributed by atoms with Gasteiger partial charge in [-0.2, -0.15) is 0 Å². The summed E-state index contributed by atoms with van der Waals surface area (Å²) in [6.07, 6.45) is 5.71. The van der Waals surface area contributed by atoms with E-state index < -0.39 is 0 Å². The second kappa shape index (κ2) is 4.03. The van der Waals surface area contributed by atoms with Crippen LogP contribution in [-0.2, 0) is 9.57 Å². The van der Waals surface area contributed by atoms with Gasteiger partial charge in [0.2, 0.25) is 0 Å². The molecule has 0 unspecified atom stereocenters. The highest BCUT2D eigenvalue weighted by Gasteiger charge is 2.05. The van der Waals surface area contributed by atoms with Crippen molar-refractivity contribution in [3.8, 4) is 0 Å². The van der Waals surface area contributed by atoms with Crippen molar-refractivity contribution in [1.82, 2.24) is 5.06 Å². The van der Waals surface area contributed by atoms with Gasteiger partial charge in [0.1, 0.15) is 12.3 Å². The van der Waals surface area contributed by atoms with E-state index in [4.69, 9.17) is 9.57 Å². The Morgan fingerprint density at radius 3 is 3.09 bits per heavy atom. The normalized spacial score (nSPS) is 16.5. The predicted molar refractivity (Wildman–Crippen MR) is 42.6 cm³/mol. The Morgan fingerprint density at radius 1 is 1.64 bits per heavy atom. The quantitative estimate of drug-likeness (QED) is 0.613. The van der Waals surface area contributed by atoms with Crippen LogP contribution in [0.5, 0.6) is 0 Å². The third kappa shape index (κ3) is 2.27. The van der Waals surface area contributed by atoms with E-state index in [1.807, 2.05) is 25.3 Å². The SMILES string of the molecule is CCOC1=CC=CN(OC)C1. The number of allylic oxidation sites excluding steroid dienone is 2. The molecule has 0 radical (unpaired) electrons. The van der Waals surface area contributed by atoms with Crippen molar-refractivity contribution in [2.75, 3.05) is 20.3 Å². The van der Waals surface area contributed by atoms with E-state index in [9.17, 15) is 0 Å². The molecule has 3 heteroatoms. The summed E-state index contributed by atoms with van der Waals surface area (Å²) in [4.78, 5) is 4.99. The van der Waals surface area contributed by atoms with Crippen LogP contribution in [0, 0.1) is 0 Å². The van der Waals surface area contributed by atoms with Crippen molar-refractivity contribution in [1.29, 1.82) is 0 Å². The van der Waals surface area contributed by atoms with Crippen LogP contribution in [0.15, 0.2) is 24.1 Å². The fourth-order valence-electron chi connectivity index (χ4n) is 0.910. The van der Waals surface area contributed by atoms with Crippen LogP contribution in [0.1, 0.15) is 6.92 Å². The van der Waals surface area contributed by atoms with E-state index in [-0.39, 0.29) is 0 Å². The molecule has 1 aliphatic rings. The lowest BCUT2D eigenvalue weighted by atomic mass is 10.3. The molecule has 0 bridgehead atoms. The van der Waals surface area contributed by atoms with Crippen LogP contribution in [-0.4, -0.2) is 25.3 Å². The maximum Gasteiger partial charge on any atom is 0.118 e. The van der Waals surface area contributed by atoms with Gasteiger partial charge in [-0.3, -0.25) is 9.90 Å². The summed E-state index contributed by atoms with van der Waals surface area (Å²) in [6.45, 7) is 3.37. The van der Waals surface area contributed by atoms with E-state index in [1.165, 1.54) is 0 Å². The topological polar surface area (TPSA) is 21.7 Å². The molecule has 1 aliphatic heterocycles. The largest absolute Gasteiger partial charge is 0.496 e. The molecule has 3 nitrogen and oxygen atoms in total. The monoisotopic (exact) mass is 155 g/mol. The molecule has 0 aliphatic carbocycles. The molecule has 0 atom stereocenters. The van der Waals surface area contributed by atoms with Crippen LogP contribution in [0.2, 0.25) is 0 Å². The summed E-state index contributed by atoms with van der Waals surface area (Å²) < 4.78 is 5.30. The number of rotatable bonds is 3. The minimum Gasteiger partial charge on any atom is -0.496 e. The zero-order valence-corrected chi connectivity index (χ0v) is 6.91. The van der Waals surface area contributed by atoms with E-state index in [0.29, 0.717) is 13.2 Å². The number of ether oxygens (including phenoxy) is 1. The van der Waals surface area contributed by atoms with Crippen molar-refractivity contribution >= 4 is 0 Å². The molecule has 0 N–H and O–H groups in total. The molecule has 0 aromatic heterocycles. The Hall–Kier alpha value is -0.960. The molecular weight excluding hydrogens is 142 g/mol. The van der Waals surface area contributed by atoms with Crippen molar-refractivity contribution < 1.29 is 9.57 Å². The highest BCUT2D eigenvalue weighted by molar-refractivity contribution is 5.12.